The molecule has 1 saturated heterocycles. The fraction of sp³-hybridized carbons (Fsp3) is 0.500. The first-order chi connectivity index (χ1) is 9.03. The summed E-state index contributed by atoms with van der Waals surface area (Å²) >= 11 is 5.95. The van der Waals surface area contributed by atoms with Gasteiger partial charge >= 0.3 is 0 Å². The van der Waals surface area contributed by atoms with Crippen molar-refractivity contribution in [3.8, 4) is 5.75 Å². The van der Waals surface area contributed by atoms with Crippen LogP contribution in [0.3, 0.4) is 0 Å². The van der Waals surface area contributed by atoms with Crippen molar-refractivity contribution in [1.29, 1.82) is 0 Å². The summed E-state index contributed by atoms with van der Waals surface area (Å²) in [6.45, 7) is 1.59. The van der Waals surface area contributed by atoms with Crippen LogP contribution in [0.1, 0.15) is 12.8 Å². The van der Waals surface area contributed by atoms with Crippen LogP contribution in [0.4, 0.5) is 0 Å². The Bertz CT molecular complexity index is 542. The summed E-state index contributed by atoms with van der Waals surface area (Å²) in [4.78, 5) is 0.156. The molecule has 0 radical (unpaired) electrons. The Morgan fingerprint density at radius 3 is 2.84 bits per heavy atom. The van der Waals surface area contributed by atoms with E-state index < -0.39 is 10.0 Å². The highest BCUT2D eigenvalue weighted by molar-refractivity contribution is 7.89. The molecule has 1 fully saturated rings. The molecule has 0 saturated carbocycles. The lowest BCUT2D eigenvalue weighted by atomic mass is 10.1. The standard InChI is InChI=1S/C12H17ClN2O3S/c1-18-12-5-4-10(7-11(12)13)19(16,17)15-9-3-2-6-14-8-9/h4-5,7,9,14-15H,2-3,6,8H2,1H3/t9-/m0/s1. The molecule has 1 aromatic rings. The lowest BCUT2D eigenvalue weighted by molar-refractivity contribution is 0.414. The molecule has 1 aliphatic heterocycles. The van der Waals surface area contributed by atoms with Crippen molar-refractivity contribution < 1.29 is 13.2 Å². The van der Waals surface area contributed by atoms with Crippen LogP contribution in [0.15, 0.2) is 23.1 Å². The topological polar surface area (TPSA) is 67.4 Å². The Labute approximate surface area is 118 Å². The second-order valence-electron chi connectivity index (χ2n) is 4.46. The van der Waals surface area contributed by atoms with Crippen LogP contribution in [0.25, 0.3) is 0 Å². The monoisotopic (exact) mass is 304 g/mol. The molecule has 0 unspecified atom stereocenters. The predicted molar refractivity (Wildman–Crippen MR) is 74.2 cm³/mol. The zero-order valence-electron chi connectivity index (χ0n) is 10.6. The van der Waals surface area contributed by atoms with Crippen LogP contribution in [-0.2, 0) is 10.0 Å². The van der Waals surface area contributed by atoms with E-state index in [4.69, 9.17) is 16.3 Å². The van der Waals surface area contributed by atoms with Crippen molar-refractivity contribution in [2.45, 2.75) is 23.8 Å². The molecule has 1 aliphatic rings. The Hall–Kier alpha value is -0.820. The number of methoxy groups -OCH3 is 1. The lowest BCUT2D eigenvalue weighted by Gasteiger charge is -2.23. The molecule has 106 valence electrons. The van der Waals surface area contributed by atoms with E-state index in [2.05, 4.69) is 10.0 Å². The third kappa shape index (κ3) is 3.60. The number of benzene rings is 1. The maximum absolute atomic E-state index is 12.2. The molecule has 19 heavy (non-hydrogen) atoms. The van der Waals surface area contributed by atoms with Crippen molar-refractivity contribution in [2.75, 3.05) is 20.2 Å². The molecule has 1 heterocycles. The molecular formula is C12H17ClN2O3S. The highest BCUT2D eigenvalue weighted by Gasteiger charge is 2.22. The predicted octanol–water partition coefficient (Wildman–Crippen LogP) is 1.38. The van der Waals surface area contributed by atoms with Gasteiger partial charge in [-0.2, -0.15) is 0 Å². The van der Waals surface area contributed by atoms with Gasteiger partial charge in [-0.1, -0.05) is 11.6 Å². The van der Waals surface area contributed by atoms with Crippen molar-refractivity contribution in [1.82, 2.24) is 10.0 Å². The van der Waals surface area contributed by atoms with E-state index >= 15 is 0 Å². The molecule has 2 rings (SSSR count). The third-order valence-electron chi connectivity index (χ3n) is 3.05. The minimum atomic E-state index is -3.54. The van der Waals surface area contributed by atoms with Gasteiger partial charge in [0.25, 0.3) is 0 Å². The van der Waals surface area contributed by atoms with Crippen LogP contribution in [0, 0.1) is 0 Å². The first-order valence-corrected chi connectivity index (χ1v) is 7.95. The number of halogens is 1. The quantitative estimate of drug-likeness (QED) is 0.882. The summed E-state index contributed by atoms with van der Waals surface area (Å²) in [5.74, 6) is 0.458. The number of piperidine rings is 1. The maximum Gasteiger partial charge on any atom is 0.240 e. The number of hydrogen-bond donors (Lipinski definition) is 2. The van der Waals surface area contributed by atoms with Gasteiger partial charge in [0.15, 0.2) is 0 Å². The molecule has 1 atom stereocenters. The van der Waals surface area contributed by atoms with E-state index in [9.17, 15) is 8.42 Å². The summed E-state index contributed by atoms with van der Waals surface area (Å²) in [5, 5.41) is 3.45. The number of sulfonamides is 1. The second kappa shape index (κ2) is 6.09. The first kappa shape index (κ1) is 14.6. The van der Waals surface area contributed by atoms with E-state index in [1.807, 2.05) is 0 Å². The number of hydrogen-bond acceptors (Lipinski definition) is 4. The summed E-state index contributed by atoms with van der Waals surface area (Å²) < 4.78 is 32.1. The SMILES string of the molecule is COc1ccc(S(=O)(=O)N[C@H]2CCCNC2)cc1Cl. The Morgan fingerprint density at radius 2 is 2.26 bits per heavy atom. The summed E-state index contributed by atoms with van der Waals surface area (Å²) in [5.41, 5.74) is 0. The average molecular weight is 305 g/mol. The van der Waals surface area contributed by atoms with E-state index in [0.717, 1.165) is 19.4 Å². The van der Waals surface area contributed by atoms with Crippen LogP contribution in [0.5, 0.6) is 5.75 Å². The summed E-state index contributed by atoms with van der Waals surface area (Å²) in [7, 11) is -2.05. The van der Waals surface area contributed by atoms with Gasteiger partial charge in [-0.15, -0.1) is 0 Å². The molecule has 0 bridgehead atoms. The van der Waals surface area contributed by atoms with Crippen LogP contribution in [0.2, 0.25) is 5.02 Å². The normalized spacial score (nSPS) is 20.2. The van der Waals surface area contributed by atoms with Crippen LogP contribution in [-0.4, -0.2) is 34.7 Å². The van der Waals surface area contributed by atoms with E-state index in [1.165, 1.54) is 19.2 Å². The van der Waals surface area contributed by atoms with E-state index in [-0.39, 0.29) is 16.0 Å². The number of nitrogens with one attached hydrogen (secondary N) is 2. The van der Waals surface area contributed by atoms with Gasteiger partial charge in [-0.25, -0.2) is 13.1 Å². The molecule has 7 heteroatoms. The minimum absolute atomic E-state index is 0.0698. The maximum atomic E-state index is 12.2. The van der Waals surface area contributed by atoms with Gasteiger partial charge in [0.05, 0.1) is 17.0 Å². The van der Waals surface area contributed by atoms with Crippen LogP contribution < -0.4 is 14.8 Å². The van der Waals surface area contributed by atoms with Crippen LogP contribution >= 0.6 is 11.6 Å². The first-order valence-electron chi connectivity index (χ1n) is 6.09. The molecule has 0 aliphatic carbocycles. The van der Waals surface area contributed by atoms with Crippen molar-refractivity contribution >= 4 is 21.6 Å². The van der Waals surface area contributed by atoms with E-state index in [0.29, 0.717) is 12.3 Å². The minimum Gasteiger partial charge on any atom is -0.495 e. The average Bonchev–Trinajstić information content (AvgIpc) is 2.39. The van der Waals surface area contributed by atoms with Gasteiger partial charge in [0, 0.05) is 12.6 Å². The highest BCUT2D eigenvalue weighted by atomic mass is 35.5. The van der Waals surface area contributed by atoms with Crippen molar-refractivity contribution in [3.63, 3.8) is 0 Å². The molecular weight excluding hydrogens is 288 g/mol. The van der Waals surface area contributed by atoms with E-state index in [1.54, 1.807) is 6.07 Å². The number of rotatable bonds is 4. The molecule has 1 aromatic carbocycles. The zero-order valence-corrected chi connectivity index (χ0v) is 12.2. The molecule has 5 nitrogen and oxygen atoms in total. The fourth-order valence-electron chi connectivity index (χ4n) is 2.05. The fourth-order valence-corrected chi connectivity index (χ4v) is 3.67. The summed E-state index contributed by atoms with van der Waals surface area (Å²) in [6.07, 6.45) is 1.81. The van der Waals surface area contributed by atoms with Crippen molar-refractivity contribution in [3.05, 3.63) is 23.2 Å². The third-order valence-corrected chi connectivity index (χ3v) is 4.87. The van der Waals surface area contributed by atoms with Gasteiger partial charge in [-0.05, 0) is 37.6 Å². The molecule has 0 amide bonds. The largest absolute Gasteiger partial charge is 0.495 e. The smallest absolute Gasteiger partial charge is 0.240 e. The zero-order chi connectivity index (χ0) is 13.9. The number of ether oxygens (including phenoxy) is 1. The second-order valence-corrected chi connectivity index (χ2v) is 6.58. The molecule has 0 spiro atoms. The lowest BCUT2D eigenvalue weighted by Crippen LogP contribution is -2.45. The van der Waals surface area contributed by atoms with Gasteiger partial charge in [0.2, 0.25) is 10.0 Å². The summed E-state index contributed by atoms with van der Waals surface area (Å²) in [6, 6.07) is 4.37. The molecule has 2 N–H and O–H groups in total. The van der Waals surface area contributed by atoms with Crippen molar-refractivity contribution in [2.24, 2.45) is 0 Å². The van der Waals surface area contributed by atoms with Gasteiger partial charge in [-0.3, -0.25) is 0 Å². The Kier molecular flexibility index (Phi) is 4.67. The van der Waals surface area contributed by atoms with Gasteiger partial charge < -0.3 is 10.1 Å². The Morgan fingerprint density at radius 1 is 1.47 bits per heavy atom. The Balaban J connectivity index is 2.16. The molecule has 0 aromatic heterocycles. The highest BCUT2D eigenvalue weighted by Crippen LogP contribution is 2.27. The van der Waals surface area contributed by atoms with Gasteiger partial charge in [0.1, 0.15) is 5.75 Å².